The van der Waals surface area contributed by atoms with E-state index in [9.17, 15) is 14.4 Å². The van der Waals surface area contributed by atoms with Crippen molar-refractivity contribution in [3.8, 4) is 0 Å². The number of benzene rings is 2. The highest BCUT2D eigenvalue weighted by atomic mass is 16.4. The monoisotopic (exact) mass is 394 g/mol. The third-order valence-electron chi connectivity index (χ3n) is 3.70. The fraction of sp³-hybridized carbons (Fsp3) is 0.0476. The lowest BCUT2D eigenvalue weighted by Gasteiger charge is -1.99. The van der Waals surface area contributed by atoms with Crippen LogP contribution in [-0.2, 0) is 0 Å². The summed E-state index contributed by atoms with van der Waals surface area (Å²) in [4.78, 5) is 31.9. The summed E-state index contributed by atoms with van der Waals surface area (Å²) in [6.45, 7) is 1.65. The van der Waals surface area contributed by atoms with E-state index in [1.165, 1.54) is 18.3 Å². The van der Waals surface area contributed by atoms with Crippen molar-refractivity contribution in [1.82, 2.24) is 10.2 Å². The van der Waals surface area contributed by atoms with Crippen LogP contribution < -0.4 is 0 Å². The molecule has 3 rings (SSSR count). The average molecular weight is 394 g/mol. The summed E-state index contributed by atoms with van der Waals surface area (Å²) in [5.74, 6) is -3.22. The van der Waals surface area contributed by atoms with Gasteiger partial charge in [0.15, 0.2) is 0 Å². The first kappa shape index (κ1) is 21.1. The molecule has 0 aliphatic carbocycles. The lowest BCUT2D eigenvalue weighted by atomic mass is 10.1. The fourth-order valence-electron chi connectivity index (χ4n) is 2.37. The SMILES string of the molecule is Cc1cc(C(=O)O)cc(C(=O)O)c1.O=C(O)c1c[nH]nc1C=Cc1ccccc1. The van der Waals surface area contributed by atoms with Crippen molar-refractivity contribution in [2.45, 2.75) is 6.92 Å². The fourth-order valence-corrected chi connectivity index (χ4v) is 2.37. The van der Waals surface area contributed by atoms with Crippen LogP contribution in [0.2, 0.25) is 0 Å². The van der Waals surface area contributed by atoms with E-state index < -0.39 is 17.9 Å². The van der Waals surface area contributed by atoms with E-state index in [0.717, 1.165) is 11.6 Å². The van der Waals surface area contributed by atoms with Crippen LogP contribution in [0, 0.1) is 6.92 Å². The normalized spacial score (nSPS) is 10.2. The van der Waals surface area contributed by atoms with E-state index in [1.807, 2.05) is 36.4 Å². The quantitative estimate of drug-likeness (QED) is 0.517. The summed E-state index contributed by atoms with van der Waals surface area (Å²) < 4.78 is 0. The molecule has 0 spiro atoms. The van der Waals surface area contributed by atoms with Gasteiger partial charge in [-0.1, -0.05) is 36.4 Å². The molecular formula is C21H18N2O6. The molecule has 0 radical (unpaired) electrons. The molecule has 0 aliphatic heterocycles. The Morgan fingerprint density at radius 1 is 0.862 bits per heavy atom. The highest BCUT2D eigenvalue weighted by molar-refractivity contribution is 5.94. The molecule has 0 atom stereocenters. The van der Waals surface area contributed by atoms with Gasteiger partial charge in [-0.25, -0.2) is 14.4 Å². The predicted octanol–water partition coefficient (Wildman–Crippen LogP) is 3.67. The predicted molar refractivity (Wildman–Crippen MR) is 106 cm³/mol. The Labute approximate surface area is 165 Å². The molecule has 2 aromatic carbocycles. The molecule has 1 heterocycles. The number of nitrogens with zero attached hydrogens (tertiary/aromatic N) is 1. The number of aromatic amines is 1. The maximum absolute atomic E-state index is 10.8. The van der Waals surface area contributed by atoms with Crippen molar-refractivity contribution in [3.05, 3.63) is 88.2 Å². The second-order valence-electron chi connectivity index (χ2n) is 5.93. The van der Waals surface area contributed by atoms with Crippen LogP contribution in [0.4, 0.5) is 0 Å². The van der Waals surface area contributed by atoms with Gasteiger partial charge in [-0.15, -0.1) is 0 Å². The summed E-state index contributed by atoms with van der Waals surface area (Å²) in [6.07, 6.45) is 4.87. The number of aromatic nitrogens is 2. The van der Waals surface area contributed by atoms with E-state index >= 15 is 0 Å². The van der Waals surface area contributed by atoms with Gasteiger partial charge >= 0.3 is 17.9 Å². The van der Waals surface area contributed by atoms with Gasteiger partial charge in [-0.3, -0.25) is 5.10 Å². The van der Waals surface area contributed by atoms with Gasteiger partial charge in [-0.2, -0.15) is 5.10 Å². The molecule has 0 saturated carbocycles. The molecule has 8 nitrogen and oxygen atoms in total. The number of hydrogen-bond acceptors (Lipinski definition) is 4. The zero-order valence-electron chi connectivity index (χ0n) is 15.4. The third kappa shape index (κ3) is 6.17. The minimum absolute atomic E-state index is 0.00241. The first-order chi connectivity index (χ1) is 13.8. The van der Waals surface area contributed by atoms with Crippen molar-refractivity contribution < 1.29 is 29.7 Å². The van der Waals surface area contributed by atoms with Gasteiger partial charge < -0.3 is 15.3 Å². The molecular weight excluding hydrogens is 376 g/mol. The Morgan fingerprint density at radius 2 is 1.45 bits per heavy atom. The Kier molecular flexibility index (Phi) is 7.03. The standard InChI is InChI=1S/C12H10N2O2.C9H8O4/c15-12(16)10-8-13-14-11(10)7-6-9-4-2-1-3-5-9;1-5-2-6(8(10)11)4-7(3-5)9(12)13/h1-8H,(H,13,14)(H,15,16);2-4H,1H3,(H,10,11)(H,12,13). The molecule has 0 fully saturated rings. The van der Waals surface area contributed by atoms with Gasteiger partial charge in [0.2, 0.25) is 0 Å². The third-order valence-corrected chi connectivity index (χ3v) is 3.70. The van der Waals surface area contributed by atoms with Crippen LogP contribution in [0.3, 0.4) is 0 Å². The molecule has 0 amide bonds. The molecule has 0 unspecified atom stereocenters. The number of rotatable bonds is 5. The van der Waals surface area contributed by atoms with E-state index in [1.54, 1.807) is 13.0 Å². The van der Waals surface area contributed by atoms with Crippen LogP contribution in [0.25, 0.3) is 12.2 Å². The summed E-state index contributed by atoms with van der Waals surface area (Å²) in [5, 5.41) is 32.5. The second-order valence-corrected chi connectivity index (χ2v) is 5.93. The first-order valence-corrected chi connectivity index (χ1v) is 8.36. The van der Waals surface area contributed by atoms with Gasteiger partial charge in [-0.05, 0) is 42.3 Å². The van der Waals surface area contributed by atoms with Crippen LogP contribution in [0.1, 0.15) is 47.9 Å². The molecule has 8 heteroatoms. The molecule has 0 aliphatic rings. The zero-order chi connectivity index (χ0) is 21.4. The zero-order valence-corrected chi connectivity index (χ0v) is 15.4. The van der Waals surface area contributed by atoms with Gasteiger partial charge in [0.05, 0.1) is 16.8 Å². The number of H-pyrrole nitrogens is 1. The Morgan fingerprint density at radius 3 is 1.97 bits per heavy atom. The molecule has 148 valence electrons. The average Bonchev–Trinajstić information content (AvgIpc) is 3.16. The summed E-state index contributed by atoms with van der Waals surface area (Å²) in [5.41, 5.74) is 2.22. The molecule has 0 saturated heterocycles. The Hall–Kier alpha value is -4.20. The maximum atomic E-state index is 10.8. The van der Waals surface area contributed by atoms with E-state index in [2.05, 4.69) is 10.2 Å². The summed E-state index contributed by atoms with van der Waals surface area (Å²) >= 11 is 0. The highest BCUT2D eigenvalue weighted by Crippen LogP contribution is 2.11. The second kappa shape index (κ2) is 9.65. The lowest BCUT2D eigenvalue weighted by molar-refractivity contribution is 0.0682. The van der Waals surface area contributed by atoms with Crippen LogP contribution in [-0.4, -0.2) is 43.4 Å². The molecule has 4 N–H and O–H groups in total. The van der Waals surface area contributed by atoms with Gasteiger partial charge in [0.25, 0.3) is 0 Å². The summed E-state index contributed by atoms with van der Waals surface area (Å²) in [6, 6.07) is 13.6. The topological polar surface area (TPSA) is 141 Å². The smallest absolute Gasteiger partial charge is 0.339 e. The first-order valence-electron chi connectivity index (χ1n) is 8.36. The van der Waals surface area contributed by atoms with Crippen molar-refractivity contribution in [3.63, 3.8) is 0 Å². The minimum atomic E-state index is -1.12. The number of carbonyl (C=O) groups is 3. The number of aromatic carboxylic acids is 3. The molecule has 1 aromatic heterocycles. The number of nitrogens with one attached hydrogen (secondary N) is 1. The maximum Gasteiger partial charge on any atom is 0.339 e. The van der Waals surface area contributed by atoms with Crippen LogP contribution in [0.5, 0.6) is 0 Å². The number of carboxylic acids is 3. The number of hydrogen-bond donors (Lipinski definition) is 4. The Bertz CT molecular complexity index is 1020. The van der Waals surface area contributed by atoms with Crippen LogP contribution in [0.15, 0.2) is 54.7 Å². The van der Waals surface area contributed by atoms with Crippen molar-refractivity contribution >= 4 is 30.1 Å². The van der Waals surface area contributed by atoms with E-state index in [-0.39, 0.29) is 16.7 Å². The van der Waals surface area contributed by atoms with Crippen molar-refractivity contribution in [2.75, 3.05) is 0 Å². The van der Waals surface area contributed by atoms with Crippen molar-refractivity contribution in [2.24, 2.45) is 0 Å². The number of aryl methyl sites for hydroxylation is 1. The van der Waals surface area contributed by atoms with Gasteiger partial charge in [0.1, 0.15) is 5.56 Å². The largest absolute Gasteiger partial charge is 0.478 e. The van der Waals surface area contributed by atoms with E-state index in [4.69, 9.17) is 15.3 Å². The Balaban J connectivity index is 0.000000212. The lowest BCUT2D eigenvalue weighted by Crippen LogP contribution is -2.02. The number of carboxylic acid groups (broad SMARTS) is 3. The minimum Gasteiger partial charge on any atom is -0.478 e. The van der Waals surface area contributed by atoms with Crippen LogP contribution >= 0.6 is 0 Å². The molecule has 0 bridgehead atoms. The van der Waals surface area contributed by atoms with Gasteiger partial charge in [0, 0.05) is 6.20 Å². The van der Waals surface area contributed by atoms with Crippen molar-refractivity contribution in [1.29, 1.82) is 0 Å². The van der Waals surface area contributed by atoms with E-state index in [0.29, 0.717) is 11.3 Å². The highest BCUT2D eigenvalue weighted by Gasteiger charge is 2.10. The molecule has 3 aromatic rings. The molecule has 29 heavy (non-hydrogen) atoms. The summed E-state index contributed by atoms with van der Waals surface area (Å²) in [7, 11) is 0.